The Morgan fingerprint density at radius 3 is 2.42 bits per heavy atom. The van der Waals surface area contributed by atoms with Crippen molar-refractivity contribution in [2.45, 2.75) is 32.4 Å². The Morgan fingerprint density at radius 1 is 1.06 bits per heavy atom. The van der Waals surface area contributed by atoms with E-state index >= 15 is 0 Å². The standard InChI is InChI=1S/C25H33N3O3/c1-19(2)17-28-13-14-31-22(18-28)16-26-24(29)15-23(20-9-5-3-6-10-20)27-25(30)21-11-7-4-8-12-21/h3-12,19,22-23H,13-18H2,1-2H3,(H,26,29)(H,27,30). The molecule has 3 rings (SSSR count). The number of morpholine rings is 1. The molecule has 1 aliphatic rings. The largest absolute Gasteiger partial charge is 0.374 e. The van der Waals surface area contributed by atoms with Crippen LogP contribution in [0.4, 0.5) is 0 Å². The molecule has 166 valence electrons. The van der Waals surface area contributed by atoms with Gasteiger partial charge in [0.25, 0.3) is 5.91 Å². The molecule has 2 aromatic carbocycles. The summed E-state index contributed by atoms with van der Waals surface area (Å²) >= 11 is 0. The Balaban J connectivity index is 1.56. The quantitative estimate of drug-likeness (QED) is 0.651. The van der Waals surface area contributed by atoms with E-state index in [9.17, 15) is 9.59 Å². The van der Waals surface area contributed by atoms with E-state index in [0.717, 1.165) is 25.2 Å². The van der Waals surface area contributed by atoms with E-state index < -0.39 is 6.04 Å². The third-order valence-corrected chi connectivity index (χ3v) is 5.31. The van der Waals surface area contributed by atoms with Crippen molar-refractivity contribution in [1.29, 1.82) is 0 Å². The molecule has 2 N–H and O–H groups in total. The molecule has 2 amide bonds. The molecular formula is C25H33N3O3. The molecule has 0 aromatic heterocycles. The van der Waals surface area contributed by atoms with Gasteiger partial charge in [0.05, 0.1) is 25.2 Å². The number of carbonyl (C=O) groups excluding carboxylic acids is 2. The van der Waals surface area contributed by atoms with E-state index in [1.54, 1.807) is 12.1 Å². The fourth-order valence-corrected chi connectivity index (χ4v) is 3.84. The second-order valence-electron chi connectivity index (χ2n) is 8.46. The lowest BCUT2D eigenvalue weighted by Crippen LogP contribution is -2.48. The van der Waals surface area contributed by atoms with Gasteiger partial charge >= 0.3 is 0 Å². The van der Waals surface area contributed by atoms with Gasteiger partial charge in [0, 0.05) is 31.7 Å². The van der Waals surface area contributed by atoms with Crippen molar-refractivity contribution in [2.75, 3.05) is 32.8 Å². The summed E-state index contributed by atoms with van der Waals surface area (Å²) in [5.74, 6) is 0.308. The molecule has 1 fully saturated rings. The average molecular weight is 424 g/mol. The number of hydrogen-bond acceptors (Lipinski definition) is 4. The first-order valence-corrected chi connectivity index (χ1v) is 11.0. The van der Waals surface area contributed by atoms with Gasteiger partial charge in [-0.25, -0.2) is 0 Å². The van der Waals surface area contributed by atoms with Crippen LogP contribution in [0, 0.1) is 5.92 Å². The van der Waals surface area contributed by atoms with E-state index in [0.29, 0.717) is 24.6 Å². The highest BCUT2D eigenvalue weighted by molar-refractivity contribution is 5.94. The molecule has 6 nitrogen and oxygen atoms in total. The predicted molar refractivity (Wildman–Crippen MR) is 122 cm³/mol. The third-order valence-electron chi connectivity index (χ3n) is 5.31. The number of carbonyl (C=O) groups is 2. The minimum absolute atomic E-state index is 0.00876. The van der Waals surface area contributed by atoms with E-state index in [4.69, 9.17) is 4.74 Å². The highest BCUT2D eigenvalue weighted by Crippen LogP contribution is 2.18. The molecule has 0 saturated carbocycles. The third kappa shape index (κ3) is 7.49. The Labute approximate surface area is 185 Å². The van der Waals surface area contributed by atoms with Crippen LogP contribution in [-0.2, 0) is 9.53 Å². The van der Waals surface area contributed by atoms with Crippen molar-refractivity contribution in [3.63, 3.8) is 0 Å². The normalized spacial score (nSPS) is 17.8. The van der Waals surface area contributed by atoms with Gasteiger partial charge in [0.2, 0.25) is 5.91 Å². The second kappa shape index (κ2) is 11.6. The summed E-state index contributed by atoms with van der Waals surface area (Å²) in [5, 5.41) is 6.01. The number of nitrogens with zero attached hydrogens (tertiary/aromatic N) is 1. The lowest BCUT2D eigenvalue weighted by atomic mass is 10.0. The molecule has 0 radical (unpaired) electrons. The molecule has 1 aliphatic heterocycles. The summed E-state index contributed by atoms with van der Waals surface area (Å²) in [5.41, 5.74) is 1.48. The highest BCUT2D eigenvalue weighted by atomic mass is 16.5. The van der Waals surface area contributed by atoms with Gasteiger partial charge in [0.15, 0.2) is 0 Å². The first-order chi connectivity index (χ1) is 15.0. The molecule has 1 saturated heterocycles. The van der Waals surface area contributed by atoms with Gasteiger partial charge in [-0.15, -0.1) is 0 Å². The number of rotatable bonds is 9. The van der Waals surface area contributed by atoms with E-state index in [2.05, 4.69) is 29.4 Å². The van der Waals surface area contributed by atoms with E-state index in [-0.39, 0.29) is 24.3 Å². The second-order valence-corrected chi connectivity index (χ2v) is 8.46. The number of ether oxygens (including phenoxy) is 1. The summed E-state index contributed by atoms with van der Waals surface area (Å²) in [4.78, 5) is 27.8. The molecule has 2 aromatic rings. The number of hydrogen-bond donors (Lipinski definition) is 2. The first-order valence-electron chi connectivity index (χ1n) is 11.0. The van der Waals surface area contributed by atoms with Crippen molar-refractivity contribution in [2.24, 2.45) is 5.92 Å². The van der Waals surface area contributed by atoms with E-state index in [1.807, 2.05) is 48.5 Å². The molecule has 0 spiro atoms. The maximum Gasteiger partial charge on any atom is 0.251 e. The van der Waals surface area contributed by atoms with E-state index in [1.165, 1.54) is 0 Å². The Hall–Kier alpha value is -2.70. The van der Waals surface area contributed by atoms with Crippen LogP contribution in [0.1, 0.15) is 42.2 Å². The van der Waals surface area contributed by atoms with Crippen LogP contribution in [0.15, 0.2) is 60.7 Å². The maximum atomic E-state index is 12.7. The van der Waals surface area contributed by atoms with Crippen LogP contribution in [-0.4, -0.2) is 55.6 Å². The summed E-state index contributed by atoms with van der Waals surface area (Å²) in [6.45, 7) is 8.37. The van der Waals surface area contributed by atoms with Gasteiger partial charge in [0.1, 0.15) is 0 Å². The van der Waals surface area contributed by atoms with Gasteiger partial charge in [-0.1, -0.05) is 62.4 Å². The Bertz CT molecular complexity index is 826. The summed E-state index contributed by atoms with van der Waals surface area (Å²) in [7, 11) is 0. The lowest BCUT2D eigenvalue weighted by Gasteiger charge is -2.34. The van der Waals surface area contributed by atoms with Crippen LogP contribution >= 0.6 is 0 Å². The molecule has 0 aliphatic carbocycles. The lowest BCUT2D eigenvalue weighted by molar-refractivity contribution is -0.122. The molecule has 2 unspecified atom stereocenters. The predicted octanol–water partition coefficient (Wildman–Crippen LogP) is 3.02. The average Bonchev–Trinajstić information content (AvgIpc) is 2.78. The molecule has 6 heteroatoms. The molecule has 1 heterocycles. The molecule has 2 atom stereocenters. The number of amides is 2. The van der Waals surface area contributed by atoms with Gasteiger partial charge in [-0.2, -0.15) is 0 Å². The minimum Gasteiger partial charge on any atom is -0.374 e. The zero-order valence-corrected chi connectivity index (χ0v) is 18.4. The Kier molecular flexibility index (Phi) is 8.62. The summed E-state index contributed by atoms with van der Waals surface area (Å²) in [6.07, 6.45) is 0.163. The van der Waals surface area contributed by atoms with Crippen LogP contribution < -0.4 is 10.6 Å². The first kappa shape index (κ1) is 23.0. The summed E-state index contributed by atoms with van der Waals surface area (Å²) < 4.78 is 5.83. The smallest absolute Gasteiger partial charge is 0.251 e. The minimum atomic E-state index is -0.404. The fraction of sp³-hybridized carbons (Fsp3) is 0.440. The molecule has 0 bridgehead atoms. The van der Waals surface area contributed by atoms with Crippen molar-refractivity contribution >= 4 is 11.8 Å². The van der Waals surface area contributed by atoms with Crippen molar-refractivity contribution in [3.8, 4) is 0 Å². The van der Waals surface area contributed by atoms with Crippen LogP contribution in [0.3, 0.4) is 0 Å². The van der Waals surface area contributed by atoms with Gasteiger partial charge in [-0.05, 0) is 23.6 Å². The van der Waals surface area contributed by atoms with Crippen molar-refractivity contribution in [3.05, 3.63) is 71.8 Å². The van der Waals surface area contributed by atoms with Crippen LogP contribution in [0.25, 0.3) is 0 Å². The Morgan fingerprint density at radius 2 is 1.74 bits per heavy atom. The van der Waals surface area contributed by atoms with Crippen LogP contribution in [0.5, 0.6) is 0 Å². The van der Waals surface area contributed by atoms with Gasteiger partial charge in [-0.3, -0.25) is 14.5 Å². The molecule has 31 heavy (non-hydrogen) atoms. The number of benzene rings is 2. The number of nitrogens with one attached hydrogen (secondary N) is 2. The molecular weight excluding hydrogens is 390 g/mol. The van der Waals surface area contributed by atoms with Crippen LogP contribution in [0.2, 0.25) is 0 Å². The zero-order valence-electron chi connectivity index (χ0n) is 18.4. The van der Waals surface area contributed by atoms with Crippen molar-refractivity contribution in [1.82, 2.24) is 15.5 Å². The topological polar surface area (TPSA) is 70.7 Å². The fourth-order valence-electron chi connectivity index (χ4n) is 3.84. The zero-order chi connectivity index (χ0) is 22.1. The van der Waals surface area contributed by atoms with Crippen molar-refractivity contribution < 1.29 is 14.3 Å². The maximum absolute atomic E-state index is 12.7. The van der Waals surface area contributed by atoms with Gasteiger partial charge < -0.3 is 15.4 Å². The SMILES string of the molecule is CC(C)CN1CCOC(CNC(=O)CC(NC(=O)c2ccccc2)c2ccccc2)C1. The summed E-state index contributed by atoms with van der Waals surface area (Å²) in [6, 6.07) is 18.2. The highest BCUT2D eigenvalue weighted by Gasteiger charge is 2.23. The monoisotopic (exact) mass is 423 g/mol.